The number of rotatable bonds is 6. The molecule has 0 aliphatic heterocycles. The maximum absolute atomic E-state index is 10.3. The summed E-state index contributed by atoms with van der Waals surface area (Å²) in [6.07, 6.45) is 0.237. The van der Waals surface area contributed by atoms with Crippen LogP contribution in [0.3, 0.4) is 0 Å². The first-order valence-electron chi connectivity index (χ1n) is 3.28. The molecule has 0 aliphatic carbocycles. The SMILES string of the molecule is NC(=O)CC[C@H](NC=O)C(=O)O. The second kappa shape index (κ2) is 5.11. The van der Waals surface area contributed by atoms with Crippen LogP contribution in [0.2, 0.25) is 0 Å². The number of nitrogens with two attached hydrogens (primary N) is 1. The summed E-state index contributed by atoms with van der Waals surface area (Å²) >= 11 is 0. The van der Waals surface area contributed by atoms with Gasteiger partial charge < -0.3 is 16.2 Å². The molecular formula is C6H10N2O4. The minimum Gasteiger partial charge on any atom is -0.480 e. The van der Waals surface area contributed by atoms with Gasteiger partial charge in [-0.2, -0.15) is 0 Å². The Kier molecular flexibility index (Phi) is 4.43. The zero-order chi connectivity index (χ0) is 9.56. The molecule has 0 saturated carbocycles. The Morgan fingerprint density at radius 3 is 2.50 bits per heavy atom. The van der Waals surface area contributed by atoms with Crippen LogP contribution in [0, 0.1) is 0 Å². The molecule has 6 nitrogen and oxygen atoms in total. The van der Waals surface area contributed by atoms with Crippen molar-refractivity contribution in [3.05, 3.63) is 0 Å². The number of hydrogen-bond acceptors (Lipinski definition) is 3. The molecule has 0 saturated heterocycles. The minimum atomic E-state index is -1.18. The molecule has 12 heavy (non-hydrogen) atoms. The van der Waals surface area contributed by atoms with Gasteiger partial charge in [0.2, 0.25) is 12.3 Å². The average molecular weight is 174 g/mol. The number of hydrogen-bond donors (Lipinski definition) is 3. The van der Waals surface area contributed by atoms with E-state index in [1.54, 1.807) is 0 Å². The van der Waals surface area contributed by atoms with Crippen molar-refractivity contribution in [2.75, 3.05) is 0 Å². The van der Waals surface area contributed by atoms with E-state index in [9.17, 15) is 14.4 Å². The number of amides is 2. The van der Waals surface area contributed by atoms with Gasteiger partial charge in [-0.3, -0.25) is 9.59 Å². The van der Waals surface area contributed by atoms with Crippen molar-refractivity contribution in [3.8, 4) is 0 Å². The number of aliphatic carboxylic acids is 1. The molecular weight excluding hydrogens is 164 g/mol. The van der Waals surface area contributed by atoms with Crippen molar-refractivity contribution >= 4 is 18.3 Å². The van der Waals surface area contributed by atoms with Crippen molar-refractivity contribution in [1.82, 2.24) is 5.32 Å². The van der Waals surface area contributed by atoms with Crippen LogP contribution in [0.25, 0.3) is 0 Å². The van der Waals surface area contributed by atoms with Gasteiger partial charge in [-0.25, -0.2) is 4.79 Å². The van der Waals surface area contributed by atoms with Crippen LogP contribution in [-0.2, 0) is 14.4 Å². The maximum Gasteiger partial charge on any atom is 0.326 e. The molecule has 0 aromatic rings. The Labute approximate surface area is 68.7 Å². The molecule has 0 heterocycles. The highest BCUT2D eigenvalue weighted by Crippen LogP contribution is 1.95. The highest BCUT2D eigenvalue weighted by atomic mass is 16.4. The number of nitrogens with one attached hydrogen (secondary N) is 1. The van der Waals surface area contributed by atoms with Crippen LogP contribution in [0.4, 0.5) is 0 Å². The molecule has 2 amide bonds. The summed E-state index contributed by atoms with van der Waals surface area (Å²) in [5.41, 5.74) is 4.79. The summed E-state index contributed by atoms with van der Waals surface area (Å²) in [5.74, 6) is -1.77. The molecule has 1 atom stereocenters. The molecule has 0 unspecified atom stereocenters. The summed E-state index contributed by atoms with van der Waals surface area (Å²) in [5, 5.41) is 10.5. The van der Waals surface area contributed by atoms with Crippen LogP contribution in [0.5, 0.6) is 0 Å². The molecule has 0 bridgehead atoms. The fourth-order valence-electron chi connectivity index (χ4n) is 0.647. The Bertz CT molecular complexity index is 192. The molecule has 0 aromatic heterocycles. The highest BCUT2D eigenvalue weighted by molar-refractivity contribution is 5.78. The molecule has 0 aliphatic rings. The zero-order valence-electron chi connectivity index (χ0n) is 6.32. The van der Waals surface area contributed by atoms with Gasteiger partial charge in [0.05, 0.1) is 0 Å². The fraction of sp³-hybridized carbons (Fsp3) is 0.500. The first kappa shape index (κ1) is 10.4. The second-order valence-electron chi connectivity index (χ2n) is 2.18. The molecule has 0 radical (unpaired) electrons. The van der Waals surface area contributed by atoms with E-state index in [0.29, 0.717) is 0 Å². The largest absolute Gasteiger partial charge is 0.480 e. The van der Waals surface area contributed by atoms with Crippen molar-refractivity contribution in [1.29, 1.82) is 0 Å². The number of carbonyl (C=O) groups is 3. The van der Waals surface area contributed by atoms with E-state index in [-0.39, 0.29) is 19.3 Å². The number of carboxylic acids is 1. The van der Waals surface area contributed by atoms with Crippen molar-refractivity contribution in [2.24, 2.45) is 5.73 Å². The molecule has 0 rings (SSSR count). The van der Waals surface area contributed by atoms with E-state index < -0.39 is 17.9 Å². The topological polar surface area (TPSA) is 109 Å². The van der Waals surface area contributed by atoms with E-state index in [1.165, 1.54) is 0 Å². The Balaban J connectivity index is 3.86. The predicted molar refractivity (Wildman–Crippen MR) is 39.1 cm³/mol. The van der Waals surface area contributed by atoms with Crippen molar-refractivity contribution in [3.63, 3.8) is 0 Å². The lowest BCUT2D eigenvalue weighted by Gasteiger charge is -2.08. The van der Waals surface area contributed by atoms with Gasteiger partial charge in [-0.15, -0.1) is 0 Å². The van der Waals surface area contributed by atoms with E-state index in [4.69, 9.17) is 10.8 Å². The van der Waals surface area contributed by atoms with E-state index in [0.717, 1.165) is 0 Å². The molecule has 4 N–H and O–H groups in total. The summed E-state index contributed by atoms with van der Waals surface area (Å²) in [6.45, 7) is 0. The van der Waals surface area contributed by atoms with Crippen LogP contribution >= 0.6 is 0 Å². The third kappa shape index (κ3) is 4.26. The molecule has 6 heteroatoms. The van der Waals surface area contributed by atoms with Gasteiger partial charge in [0.15, 0.2) is 0 Å². The molecule has 0 spiro atoms. The van der Waals surface area contributed by atoms with Gasteiger partial charge in [-0.05, 0) is 6.42 Å². The first-order valence-corrected chi connectivity index (χ1v) is 3.28. The quantitative estimate of drug-likeness (QED) is 0.423. The molecule has 68 valence electrons. The lowest BCUT2D eigenvalue weighted by molar-refractivity contribution is -0.140. The summed E-state index contributed by atoms with van der Waals surface area (Å²) in [7, 11) is 0. The van der Waals surface area contributed by atoms with Crippen molar-refractivity contribution in [2.45, 2.75) is 18.9 Å². The third-order valence-corrected chi connectivity index (χ3v) is 1.25. The highest BCUT2D eigenvalue weighted by Gasteiger charge is 2.16. The van der Waals surface area contributed by atoms with E-state index >= 15 is 0 Å². The standard InChI is InChI=1S/C6H10N2O4/c7-5(10)2-1-4(6(11)12)8-3-9/h3-4H,1-2H2,(H2,7,10)(H,8,9)(H,11,12)/t4-/m0/s1. The van der Waals surface area contributed by atoms with Crippen LogP contribution in [0.15, 0.2) is 0 Å². The van der Waals surface area contributed by atoms with Gasteiger partial charge >= 0.3 is 5.97 Å². The lowest BCUT2D eigenvalue weighted by atomic mass is 10.1. The van der Waals surface area contributed by atoms with Crippen LogP contribution < -0.4 is 11.1 Å². The van der Waals surface area contributed by atoms with Gasteiger partial charge in [0.25, 0.3) is 0 Å². The fourth-order valence-corrected chi connectivity index (χ4v) is 0.647. The Hall–Kier alpha value is -1.59. The number of carboxylic acid groups (broad SMARTS) is 1. The lowest BCUT2D eigenvalue weighted by Crippen LogP contribution is -2.36. The second-order valence-corrected chi connectivity index (χ2v) is 2.18. The average Bonchev–Trinajstić information content (AvgIpc) is 1.96. The maximum atomic E-state index is 10.3. The zero-order valence-corrected chi connectivity index (χ0v) is 6.32. The molecule has 0 aromatic carbocycles. The van der Waals surface area contributed by atoms with E-state index in [1.807, 2.05) is 5.32 Å². The predicted octanol–water partition coefficient (Wildman–Crippen LogP) is -1.55. The summed E-state index contributed by atoms with van der Waals surface area (Å²) in [4.78, 5) is 30.4. The summed E-state index contributed by atoms with van der Waals surface area (Å²) in [6, 6.07) is -1.03. The normalized spacial score (nSPS) is 11.7. The molecule has 0 fully saturated rings. The number of carbonyl (C=O) groups excluding carboxylic acids is 2. The smallest absolute Gasteiger partial charge is 0.326 e. The van der Waals surface area contributed by atoms with Crippen LogP contribution in [0.1, 0.15) is 12.8 Å². The van der Waals surface area contributed by atoms with E-state index in [2.05, 4.69) is 0 Å². The Morgan fingerprint density at radius 1 is 1.58 bits per heavy atom. The first-order chi connectivity index (χ1) is 5.57. The van der Waals surface area contributed by atoms with Gasteiger partial charge in [-0.1, -0.05) is 0 Å². The Morgan fingerprint density at radius 2 is 2.17 bits per heavy atom. The monoisotopic (exact) mass is 174 g/mol. The van der Waals surface area contributed by atoms with Crippen molar-refractivity contribution < 1.29 is 19.5 Å². The minimum absolute atomic E-state index is 0.0173. The summed E-state index contributed by atoms with van der Waals surface area (Å²) < 4.78 is 0. The number of primary amides is 1. The van der Waals surface area contributed by atoms with Crippen LogP contribution in [-0.4, -0.2) is 29.4 Å². The van der Waals surface area contributed by atoms with Gasteiger partial charge in [0, 0.05) is 6.42 Å². The third-order valence-electron chi connectivity index (χ3n) is 1.25. The van der Waals surface area contributed by atoms with Gasteiger partial charge in [0.1, 0.15) is 6.04 Å².